The van der Waals surface area contributed by atoms with Gasteiger partial charge in [-0.3, -0.25) is 19.2 Å². The molecule has 0 unspecified atom stereocenters. The number of nitrogens with zero attached hydrogens (tertiary/aromatic N) is 1. The van der Waals surface area contributed by atoms with Gasteiger partial charge in [-0.2, -0.15) is 0 Å². The second-order valence-electron chi connectivity index (χ2n) is 7.76. The number of carbonyl (C=O) groups is 4. The van der Waals surface area contributed by atoms with Gasteiger partial charge >= 0.3 is 0 Å². The summed E-state index contributed by atoms with van der Waals surface area (Å²) < 4.78 is 0. The Kier molecular flexibility index (Phi) is 6.30. The predicted octanol–water partition coefficient (Wildman–Crippen LogP) is 4.89. The Balaban J connectivity index is 1.51. The molecule has 4 rings (SSSR count). The van der Waals surface area contributed by atoms with Crippen molar-refractivity contribution in [1.82, 2.24) is 0 Å². The second kappa shape index (κ2) is 9.33. The number of anilines is 3. The smallest absolute Gasteiger partial charge is 0.283 e. The largest absolute Gasteiger partial charge is 0.350 e. The lowest BCUT2D eigenvalue weighted by molar-refractivity contribution is -0.120. The van der Waals surface area contributed by atoms with Gasteiger partial charge in [0, 0.05) is 22.5 Å². The van der Waals surface area contributed by atoms with Gasteiger partial charge in [0.2, 0.25) is 0 Å². The first kappa shape index (κ1) is 22.9. The van der Waals surface area contributed by atoms with Crippen LogP contribution >= 0.6 is 11.6 Å². The fourth-order valence-corrected chi connectivity index (χ4v) is 3.63. The van der Waals surface area contributed by atoms with Crippen molar-refractivity contribution in [2.75, 3.05) is 15.5 Å². The highest BCUT2D eigenvalue weighted by atomic mass is 35.5. The number of hydrogen-bond donors (Lipinski definition) is 2. The highest BCUT2D eigenvalue weighted by Crippen LogP contribution is 2.30. The van der Waals surface area contributed by atoms with Crippen molar-refractivity contribution in [1.29, 1.82) is 0 Å². The zero-order chi connectivity index (χ0) is 24.4. The number of amides is 3. The lowest BCUT2D eigenvalue weighted by atomic mass is 10.1. The fourth-order valence-electron chi connectivity index (χ4n) is 3.41. The van der Waals surface area contributed by atoms with Crippen molar-refractivity contribution < 1.29 is 19.2 Å². The molecule has 7 nitrogen and oxygen atoms in total. The number of rotatable bonds is 6. The normalized spacial score (nSPS) is 13.3. The number of halogens is 1. The number of Topliss-reactive ketones (excluding diaryl/α,β-unsaturated/α-hetero) is 1. The van der Waals surface area contributed by atoms with Crippen LogP contribution in [0.2, 0.25) is 0 Å². The lowest BCUT2D eigenvalue weighted by Crippen LogP contribution is -2.32. The van der Waals surface area contributed by atoms with Gasteiger partial charge in [-0.1, -0.05) is 35.4 Å². The molecule has 3 amide bonds. The van der Waals surface area contributed by atoms with E-state index in [9.17, 15) is 19.2 Å². The molecule has 0 aliphatic carbocycles. The summed E-state index contributed by atoms with van der Waals surface area (Å²) in [5.74, 6) is -1.65. The Bertz CT molecular complexity index is 1350. The standard InChI is InChI=1S/C26H20ClN3O4/c1-15-6-12-21(13-7-15)30-25(33)22(27)23(26(30)34)28-20-5-3-4-18(14-20)24(32)29-19-10-8-17(9-11-19)16(2)31/h3-14,28H,1-2H3,(H,29,32). The molecule has 0 saturated heterocycles. The molecule has 170 valence electrons. The average molecular weight is 474 g/mol. The number of imide groups is 1. The van der Waals surface area contributed by atoms with Crippen LogP contribution in [-0.4, -0.2) is 23.5 Å². The van der Waals surface area contributed by atoms with Crippen LogP contribution in [0.5, 0.6) is 0 Å². The molecule has 1 aliphatic rings. The minimum atomic E-state index is -0.624. The van der Waals surface area contributed by atoms with Crippen LogP contribution in [0.1, 0.15) is 33.2 Å². The van der Waals surface area contributed by atoms with Gasteiger partial charge in [0.1, 0.15) is 10.7 Å². The highest BCUT2D eigenvalue weighted by molar-refractivity contribution is 6.53. The molecule has 1 heterocycles. The lowest BCUT2D eigenvalue weighted by Gasteiger charge is -2.15. The Morgan fingerprint density at radius 2 is 1.50 bits per heavy atom. The second-order valence-corrected chi connectivity index (χ2v) is 8.14. The van der Waals surface area contributed by atoms with Crippen LogP contribution in [0.3, 0.4) is 0 Å². The molecule has 34 heavy (non-hydrogen) atoms. The first-order valence-corrected chi connectivity index (χ1v) is 10.8. The van der Waals surface area contributed by atoms with Gasteiger partial charge in [0.05, 0.1) is 5.69 Å². The number of ketones is 1. The summed E-state index contributed by atoms with van der Waals surface area (Å²) in [6, 6.07) is 19.9. The van der Waals surface area contributed by atoms with E-state index in [0.29, 0.717) is 28.2 Å². The van der Waals surface area contributed by atoms with Crippen LogP contribution in [-0.2, 0) is 9.59 Å². The maximum absolute atomic E-state index is 12.9. The summed E-state index contributed by atoms with van der Waals surface area (Å²) in [4.78, 5) is 50.7. The van der Waals surface area contributed by atoms with Gasteiger partial charge in [0.25, 0.3) is 17.7 Å². The molecule has 2 N–H and O–H groups in total. The van der Waals surface area contributed by atoms with Gasteiger partial charge in [-0.05, 0) is 68.4 Å². The molecule has 0 radical (unpaired) electrons. The quantitative estimate of drug-likeness (QED) is 0.392. The third-order valence-electron chi connectivity index (χ3n) is 5.26. The van der Waals surface area contributed by atoms with Crippen LogP contribution in [0, 0.1) is 6.92 Å². The van der Waals surface area contributed by atoms with E-state index in [-0.39, 0.29) is 22.4 Å². The summed E-state index contributed by atoms with van der Waals surface area (Å²) in [6.07, 6.45) is 0. The monoisotopic (exact) mass is 473 g/mol. The van der Waals surface area contributed by atoms with Crippen molar-refractivity contribution in [2.24, 2.45) is 0 Å². The zero-order valence-electron chi connectivity index (χ0n) is 18.4. The maximum Gasteiger partial charge on any atom is 0.283 e. The summed E-state index contributed by atoms with van der Waals surface area (Å²) in [7, 11) is 0. The first-order valence-electron chi connectivity index (χ1n) is 10.4. The molecule has 0 aromatic heterocycles. The van der Waals surface area contributed by atoms with Crippen LogP contribution < -0.4 is 15.5 Å². The van der Waals surface area contributed by atoms with Crippen LogP contribution in [0.4, 0.5) is 17.1 Å². The summed E-state index contributed by atoms with van der Waals surface area (Å²) in [5.41, 5.74) is 3.16. The zero-order valence-corrected chi connectivity index (χ0v) is 19.1. The Morgan fingerprint density at radius 1 is 0.824 bits per heavy atom. The molecular formula is C26H20ClN3O4. The Hall–Kier alpha value is -4.23. The van der Waals surface area contributed by atoms with E-state index >= 15 is 0 Å². The number of aryl methyl sites for hydroxylation is 1. The first-order chi connectivity index (χ1) is 16.2. The minimum absolute atomic E-state index is 0.0643. The van der Waals surface area contributed by atoms with E-state index in [1.165, 1.54) is 6.92 Å². The molecule has 8 heteroatoms. The van der Waals surface area contributed by atoms with Crippen LogP contribution in [0.15, 0.2) is 83.5 Å². The third-order valence-corrected chi connectivity index (χ3v) is 5.61. The number of nitrogens with one attached hydrogen (secondary N) is 2. The van der Waals surface area contributed by atoms with E-state index in [0.717, 1.165) is 10.5 Å². The average Bonchev–Trinajstić information content (AvgIpc) is 3.03. The van der Waals surface area contributed by atoms with Crippen molar-refractivity contribution >= 4 is 52.2 Å². The predicted molar refractivity (Wildman–Crippen MR) is 131 cm³/mol. The van der Waals surface area contributed by atoms with Crippen molar-refractivity contribution in [3.63, 3.8) is 0 Å². The Morgan fingerprint density at radius 3 is 2.15 bits per heavy atom. The summed E-state index contributed by atoms with van der Waals surface area (Å²) >= 11 is 6.20. The van der Waals surface area contributed by atoms with E-state index < -0.39 is 11.8 Å². The summed E-state index contributed by atoms with van der Waals surface area (Å²) in [5, 5.41) is 5.41. The minimum Gasteiger partial charge on any atom is -0.350 e. The fraction of sp³-hybridized carbons (Fsp3) is 0.0769. The van der Waals surface area contributed by atoms with E-state index in [1.807, 2.05) is 6.92 Å². The number of benzene rings is 3. The van der Waals surface area contributed by atoms with Gasteiger partial charge in [-0.15, -0.1) is 0 Å². The van der Waals surface area contributed by atoms with Gasteiger partial charge in [-0.25, -0.2) is 4.90 Å². The molecule has 0 atom stereocenters. The molecule has 0 fully saturated rings. The van der Waals surface area contributed by atoms with Crippen molar-refractivity contribution in [2.45, 2.75) is 13.8 Å². The molecule has 0 bridgehead atoms. The molecule has 0 saturated carbocycles. The molecular weight excluding hydrogens is 454 g/mol. The van der Waals surface area contributed by atoms with Crippen molar-refractivity contribution in [3.05, 3.63) is 100 Å². The van der Waals surface area contributed by atoms with E-state index in [2.05, 4.69) is 10.6 Å². The van der Waals surface area contributed by atoms with E-state index in [1.54, 1.807) is 72.8 Å². The number of carbonyl (C=O) groups excluding carboxylic acids is 4. The Labute approximate surface area is 201 Å². The molecule has 1 aliphatic heterocycles. The SMILES string of the molecule is CC(=O)c1ccc(NC(=O)c2cccc(NC3=C(Cl)C(=O)N(c4ccc(C)cc4)C3=O)c2)cc1. The topological polar surface area (TPSA) is 95.6 Å². The van der Waals surface area contributed by atoms with E-state index in [4.69, 9.17) is 11.6 Å². The summed E-state index contributed by atoms with van der Waals surface area (Å²) in [6.45, 7) is 3.37. The molecule has 3 aromatic carbocycles. The molecule has 0 spiro atoms. The maximum atomic E-state index is 12.9. The third kappa shape index (κ3) is 4.60. The van der Waals surface area contributed by atoms with Gasteiger partial charge in [0.15, 0.2) is 5.78 Å². The molecule has 3 aromatic rings. The van der Waals surface area contributed by atoms with Crippen molar-refractivity contribution in [3.8, 4) is 0 Å². The van der Waals surface area contributed by atoms with Gasteiger partial charge < -0.3 is 10.6 Å². The highest BCUT2D eigenvalue weighted by Gasteiger charge is 2.38. The van der Waals surface area contributed by atoms with Crippen LogP contribution in [0.25, 0.3) is 0 Å². The number of hydrogen-bond acceptors (Lipinski definition) is 5.